The van der Waals surface area contributed by atoms with Crippen molar-refractivity contribution in [1.82, 2.24) is 0 Å². The molecule has 0 amide bonds. The van der Waals surface area contributed by atoms with Gasteiger partial charge in [-0.2, -0.15) is 0 Å². The fraction of sp³-hybridized carbons (Fsp3) is 0.167. The van der Waals surface area contributed by atoms with Crippen molar-refractivity contribution >= 4 is 28.5 Å². The zero-order valence-corrected chi connectivity index (χ0v) is 10.5. The number of hydrogen-bond acceptors (Lipinski definition) is 7. The first-order chi connectivity index (χ1) is 9.54. The molecule has 1 heterocycles. The van der Waals surface area contributed by atoms with Gasteiger partial charge in [-0.1, -0.05) is 0 Å². The molecule has 0 aliphatic heterocycles. The van der Waals surface area contributed by atoms with Crippen molar-refractivity contribution in [2.24, 2.45) is 0 Å². The molecule has 20 heavy (non-hydrogen) atoms. The molecule has 2 rings (SSSR count). The molecule has 0 radical (unpaired) electrons. The number of hydrogen-bond donors (Lipinski definition) is 0. The average Bonchev–Trinajstić information content (AvgIpc) is 2.87. The van der Waals surface area contributed by atoms with Crippen molar-refractivity contribution < 1.29 is 28.4 Å². The number of carbonyl (C=O) groups is 2. The van der Waals surface area contributed by atoms with Gasteiger partial charge in [0.15, 0.2) is 17.8 Å². The Bertz CT molecular complexity index is 716. The Morgan fingerprint density at radius 3 is 2.60 bits per heavy atom. The van der Waals surface area contributed by atoms with E-state index in [-0.39, 0.29) is 28.6 Å². The molecule has 0 fully saturated rings. The molecule has 8 heteroatoms. The van der Waals surface area contributed by atoms with E-state index in [9.17, 15) is 19.7 Å². The molecule has 0 aliphatic carbocycles. The molecule has 0 atom stereocenters. The van der Waals surface area contributed by atoms with Gasteiger partial charge in [-0.15, -0.1) is 0 Å². The molecule has 0 saturated carbocycles. The van der Waals surface area contributed by atoms with E-state index in [0.717, 1.165) is 6.26 Å². The second-order valence-electron chi connectivity index (χ2n) is 3.73. The Hall–Kier alpha value is -2.90. The van der Waals surface area contributed by atoms with E-state index in [0.29, 0.717) is 0 Å². The Labute approximate surface area is 112 Å². The smallest absolute Gasteiger partial charge is 0.326 e. The van der Waals surface area contributed by atoms with E-state index in [4.69, 9.17) is 13.9 Å². The summed E-state index contributed by atoms with van der Waals surface area (Å²) in [4.78, 5) is 32.6. The number of nitrogens with zero attached hydrogens (tertiary/aromatic N) is 1. The maximum Gasteiger partial charge on any atom is 0.326 e. The summed E-state index contributed by atoms with van der Waals surface area (Å²) in [6.07, 6.45) is 1.17. The standard InChI is InChI=1S/C12H9NO7/c1-18-8-3-6-5-20-11(7(15)4-14)9(6)10(13(16)17)12(8)19-2/h3-5H,1-2H3. The molecule has 0 spiro atoms. The molecule has 2 aromatic rings. The number of rotatable bonds is 5. The van der Waals surface area contributed by atoms with Crippen molar-refractivity contribution in [1.29, 1.82) is 0 Å². The number of methoxy groups -OCH3 is 2. The van der Waals surface area contributed by atoms with E-state index in [2.05, 4.69) is 0 Å². The number of aldehydes is 1. The van der Waals surface area contributed by atoms with Crippen LogP contribution in [0.1, 0.15) is 10.6 Å². The third-order valence-electron chi connectivity index (χ3n) is 2.72. The number of Topliss-reactive ketones (excluding diaryl/α,β-unsaturated/α-hetero) is 1. The number of ketones is 1. The summed E-state index contributed by atoms with van der Waals surface area (Å²) in [7, 11) is 2.56. The van der Waals surface area contributed by atoms with Gasteiger partial charge in [0.25, 0.3) is 5.78 Å². The number of carbonyl (C=O) groups excluding carboxylic acids is 2. The van der Waals surface area contributed by atoms with Crippen LogP contribution < -0.4 is 9.47 Å². The van der Waals surface area contributed by atoms with Gasteiger partial charge in [0.2, 0.25) is 5.75 Å². The van der Waals surface area contributed by atoms with Crippen LogP contribution >= 0.6 is 0 Å². The lowest BCUT2D eigenvalue weighted by Gasteiger charge is -2.08. The topological polar surface area (TPSA) is 109 Å². The highest BCUT2D eigenvalue weighted by molar-refractivity contribution is 6.36. The number of nitro benzene ring substituents is 1. The monoisotopic (exact) mass is 279 g/mol. The van der Waals surface area contributed by atoms with E-state index < -0.39 is 22.2 Å². The maximum atomic E-state index is 11.5. The number of furan rings is 1. The highest BCUT2D eigenvalue weighted by Crippen LogP contribution is 2.44. The van der Waals surface area contributed by atoms with E-state index in [1.54, 1.807) is 0 Å². The predicted molar refractivity (Wildman–Crippen MR) is 66.4 cm³/mol. The summed E-state index contributed by atoms with van der Waals surface area (Å²) < 4.78 is 14.9. The zero-order chi connectivity index (χ0) is 14.9. The zero-order valence-electron chi connectivity index (χ0n) is 10.5. The van der Waals surface area contributed by atoms with Gasteiger partial charge in [0, 0.05) is 5.39 Å². The second kappa shape index (κ2) is 5.00. The third-order valence-corrected chi connectivity index (χ3v) is 2.72. The first kappa shape index (κ1) is 13.5. The summed E-state index contributed by atoms with van der Waals surface area (Å²) in [6.45, 7) is 0. The SMILES string of the molecule is COc1cc2coc(C(=O)C=O)c2c([N+](=O)[O-])c1OC. The highest BCUT2D eigenvalue weighted by Gasteiger charge is 2.30. The first-order valence-electron chi connectivity index (χ1n) is 5.35. The van der Waals surface area contributed by atoms with Crippen LogP contribution in [0.25, 0.3) is 10.8 Å². The highest BCUT2D eigenvalue weighted by atomic mass is 16.6. The summed E-state index contributed by atoms with van der Waals surface area (Å²) in [5, 5.41) is 11.4. The van der Waals surface area contributed by atoms with Crippen LogP contribution in [0.4, 0.5) is 5.69 Å². The van der Waals surface area contributed by atoms with Crippen LogP contribution in [-0.2, 0) is 4.79 Å². The van der Waals surface area contributed by atoms with Crippen molar-refractivity contribution in [3.05, 3.63) is 28.2 Å². The fourth-order valence-corrected chi connectivity index (χ4v) is 1.92. The lowest BCUT2D eigenvalue weighted by molar-refractivity contribution is -0.384. The van der Waals surface area contributed by atoms with Crippen molar-refractivity contribution in [2.45, 2.75) is 0 Å². The molecule has 0 saturated heterocycles. The van der Waals surface area contributed by atoms with Crippen LogP contribution in [-0.4, -0.2) is 31.2 Å². The Kier molecular flexibility index (Phi) is 3.38. The van der Waals surface area contributed by atoms with Crippen LogP contribution in [0.5, 0.6) is 11.5 Å². The van der Waals surface area contributed by atoms with Gasteiger partial charge in [0.1, 0.15) is 5.39 Å². The number of fused-ring (bicyclic) bond motifs is 1. The van der Waals surface area contributed by atoms with Crippen molar-refractivity contribution in [2.75, 3.05) is 14.2 Å². The molecule has 0 N–H and O–H groups in total. The largest absolute Gasteiger partial charge is 0.493 e. The van der Waals surface area contributed by atoms with Gasteiger partial charge >= 0.3 is 5.69 Å². The predicted octanol–water partition coefficient (Wildman–Crippen LogP) is 1.74. The van der Waals surface area contributed by atoms with Crippen LogP contribution in [0, 0.1) is 10.1 Å². The molecule has 104 valence electrons. The summed E-state index contributed by atoms with van der Waals surface area (Å²) in [5.74, 6) is -1.41. The minimum atomic E-state index is -0.990. The van der Waals surface area contributed by atoms with Crippen LogP contribution in [0.15, 0.2) is 16.7 Å². The Balaban J connectivity index is 2.95. The maximum absolute atomic E-state index is 11.5. The van der Waals surface area contributed by atoms with Gasteiger partial charge in [0.05, 0.1) is 25.4 Å². The third kappa shape index (κ3) is 1.87. The number of benzene rings is 1. The molecule has 8 nitrogen and oxygen atoms in total. The molecule has 0 bridgehead atoms. The quantitative estimate of drug-likeness (QED) is 0.269. The fourth-order valence-electron chi connectivity index (χ4n) is 1.92. The van der Waals surface area contributed by atoms with E-state index in [1.165, 1.54) is 20.3 Å². The summed E-state index contributed by atoms with van der Waals surface area (Å²) in [6, 6.07) is 1.42. The van der Waals surface area contributed by atoms with E-state index >= 15 is 0 Å². The van der Waals surface area contributed by atoms with Crippen molar-refractivity contribution in [3.8, 4) is 11.5 Å². The summed E-state index contributed by atoms with van der Waals surface area (Å²) in [5.41, 5.74) is -0.485. The number of ether oxygens (including phenoxy) is 2. The van der Waals surface area contributed by atoms with Gasteiger partial charge in [-0.25, -0.2) is 0 Å². The molecule has 1 aromatic carbocycles. The number of nitro groups is 1. The summed E-state index contributed by atoms with van der Waals surface area (Å²) >= 11 is 0. The minimum absolute atomic E-state index is 0.0265. The lowest BCUT2D eigenvalue weighted by Crippen LogP contribution is -2.02. The molecule has 0 unspecified atom stereocenters. The first-order valence-corrected chi connectivity index (χ1v) is 5.35. The van der Waals surface area contributed by atoms with Gasteiger partial charge < -0.3 is 13.9 Å². The minimum Gasteiger partial charge on any atom is -0.493 e. The molecular formula is C12H9NO7. The molecular weight excluding hydrogens is 270 g/mol. The Morgan fingerprint density at radius 1 is 1.40 bits per heavy atom. The van der Waals surface area contributed by atoms with Crippen LogP contribution in [0.3, 0.4) is 0 Å². The molecule has 1 aromatic heterocycles. The van der Waals surface area contributed by atoms with Crippen molar-refractivity contribution in [3.63, 3.8) is 0 Å². The van der Waals surface area contributed by atoms with Gasteiger partial charge in [-0.3, -0.25) is 19.7 Å². The molecule has 0 aliphatic rings. The lowest BCUT2D eigenvalue weighted by atomic mass is 10.1. The van der Waals surface area contributed by atoms with Gasteiger partial charge in [-0.05, 0) is 6.07 Å². The van der Waals surface area contributed by atoms with E-state index in [1.807, 2.05) is 0 Å². The Morgan fingerprint density at radius 2 is 2.10 bits per heavy atom. The average molecular weight is 279 g/mol. The normalized spacial score (nSPS) is 10.3. The van der Waals surface area contributed by atoms with Crippen LogP contribution in [0.2, 0.25) is 0 Å². The second-order valence-corrected chi connectivity index (χ2v) is 3.73.